The van der Waals surface area contributed by atoms with E-state index in [2.05, 4.69) is 30.2 Å². The highest BCUT2D eigenvalue weighted by Gasteiger charge is 2.26. The monoisotopic (exact) mass is 436 g/mol. The number of benzene rings is 2. The summed E-state index contributed by atoms with van der Waals surface area (Å²) in [6, 6.07) is 11.6. The fourth-order valence-corrected chi connectivity index (χ4v) is 4.40. The number of piperidine rings is 1. The first-order chi connectivity index (χ1) is 15.6. The van der Waals surface area contributed by atoms with Crippen LogP contribution < -0.4 is 14.2 Å². The minimum atomic E-state index is 0.0482. The second-order valence-electron chi connectivity index (χ2n) is 8.16. The third-order valence-corrected chi connectivity index (χ3v) is 6.10. The Kier molecular flexibility index (Phi) is 6.88. The van der Waals surface area contributed by atoms with E-state index in [1.807, 2.05) is 36.1 Å². The van der Waals surface area contributed by atoms with Gasteiger partial charge in [-0.25, -0.2) is 0 Å². The van der Waals surface area contributed by atoms with Crippen molar-refractivity contribution in [2.24, 2.45) is 0 Å². The number of carbonyl (C=O) groups is 1. The summed E-state index contributed by atoms with van der Waals surface area (Å²) >= 11 is 0. The predicted octanol–water partition coefficient (Wildman–Crippen LogP) is 5.38. The molecule has 2 heterocycles. The first-order valence-electron chi connectivity index (χ1n) is 11.5. The first-order valence-corrected chi connectivity index (χ1v) is 11.5. The number of ether oxygens (including phenoxy) is 3. The lowest BCUT2D eigenvalue weighted by Gasteiger charge is -2.32. The molecule has 3 aromatic rings. The van der Waals surface area contributed by atoms with Crippen molar-refractivity contribution in [1.29, 1.82) is 0 Å². The minimum Gasteiger partial charge on any atom is -0.497 e. The molecule has 1 aliphatic heterocycles. The summed E-state index contributed by atoms with van der Waals surface area (Å²) in [7, 11) is 1.69. The molecule has 1 amide bonds. The Morgan fingerprint density at radius 2 is 1.88 bits per heavy atom. The van der Waals surface area contributed by atoms with Crippen LogP contribution in [0.25, 0.3) is 10.9 Å². The highest BCUT2D eigenvalue weighted by Crippen LogP contribution is 2.35. The SMILES string of the molecule is CCCOc1ccc(C(=O)N2CCC(c3c[nH]c4ccc(OC)cc34)CC2)cc1OCC. The van der Waals surface area contributed by atoms with Crippen molar-refractivity contribution in [3.8, 4) is 17.2 Å². The zero-order chi connectivity index (χ0) is 22.5. The number of nitrogens with one attached hydrogen (secondary N) is 1. The zero-order valence-electron chi connectivity index (χ0n) is 19.1. The van der Waals surface area contributed by atoms with Crippen molar-refractivity contribution >= 4 is 16.8 Å². The van der Waals surface area contributed by atoms with E-state index in [9.17, 15) is 4.79 Å². The topological polar surface area (TPSA) is 63.8 Å². The highest BCUT2D eigenvalue weighted by atomic mass is 16.5. The summed E-state index contributed by atoms with van der Waals surface area (Å²) in [5, 5.41) is 1.21. The second-order valence-corrected chi connectivity index (χ2v) is 8.16. The van der Waals surface area contributed by atoms with E-state index >= 15 is 0 Å². The van der Waals surface area contributed by atoms with Gasteiger partial charge in [0.15, 0.2) is 11.5 Å². The molecular weight excluding hydrogens is 404 g/mol. The molecule has 2 aromatic carbocycles. The lowest BCUT2D eigenvalue weighted by atomic mass is 9.89. The van der Waals surface area contributed by atoms with Crippen LogP contribution in [0.3, 0.4) is 0 Å². The number of carbonyl (C=O) groups excluding carboxylic acids is 1. The molecule has 0 radical (unpaired) electrons. The van der Waals surface area contributed by atoms with E-state index in [1.165, 1.54) is 10.9 Å². The predicted molar refractivity (Wildman–Crippen MR) is 126 cm³/mol. The molecule has 32 heavy (non-hydrogen) atoms. The van der Waals surface area contributed by atoms with Crippen LogP contribution >= 0.6 is 0 Å². The van der Waals surface area contributed by atoms with Crippen LogP contribution in [-0.4, -0.2) is 49.2 Å². The van der Waals surface area contributed by atoms with Gasteiger partial charge in [0, 0.05) is 35.8 Å². The number of nitrogens with zero attached hydrogens (tertiary/aromatic N) is 1. The van der Waals surface area contributed by atoms with Crippen LogP contribution in [0.15, 0.2) is 42.6 Å². The van der Waals surface area contributed by atoms with Crippen molar-refractivity contribution in [3.05, 3.63) is 53.7 Å². The molecule has 170 valence electrons. The molecule has 1 aliphatic rings. The van der Waals surface area contributed by atoms with E-state index in [0.29, 0.717) is 36.2 Å². The van der Waals surface area contributed by atoms with Gasteiger partial charge in [-0.05, 0) is 74.1 Å². The van der Waals surface area contributed by atoms with Gasteiger partial charge in [-0.15, -0.1) is 0 Å². The molecule has 6 nitrogen and oxygen atoms in total. The summed E-state index contributed by atoms with van der Waals surface area (Å²) in [5.74, 6) is 2.66. The molecule has 0 aliphatic carbocycles. The normalized spacial score (nSPS) is 14.5. The minimum absolute atomic E-state index is 0.0482. The van der Waals surface area contributed by atoms with E-state index in [-0.39, 0.29) is 5.91 Å². The van der Waals surface area contributed by atoms with Gasteiger partial charge in [0.1, 0.15) is 5.75 Å². The van der Waals surface area contributed by atoms with Crippen molar-refractivity contribution in [3.63, 3.8) is 0 Å². The third kappa shape index (κ3) is 4.54. The maximum Gasteiger partial charge on any atom is 0.253 e. The third-order valence-electron chi connectivity index (χ3n) is 6.10. The Hall–Kier alpha value is -3.15. The van der Waals surface area contributed by atoms with Crippen LogP contribution in [0, 0.1) is 0 Å². The van der Waals surface area contributed by atoms with Crippen molar-refractivity contribution < 1.29 is 19.0 Å². The number of hydrogen-bond acceptors (Lipinski definition) is 4. The number of rotatable bonds is 8. The van der Waals surface area contributed by atoms with Crippen LogP contribution in [-0.2, 0) is 0 Å². The Balaban J connectivity index is 1.45. The average molecular weight is 437 g/mol. The molecular formula is C26H32N2O4. The van der Waals surface area contributed by atoms with Gasteiger partial charge in [0.25, 0.3) is 5.91 Å². The van der Waals surface area contributed by atoms with Crippen LogP contribution in [0.1, 0.15) is 54.9 Å². The molecule has 0 atom stereocenters. The van der Waals surface area contributed by atoms with Gasteiger partial charge in [-0.1, -0.05) is 6.92 Å². The van der Waals surface area contributed by atoms with Crippen LogP contribution in [0.4, 0.5) is 0 Å². The smallest absolute Gasteiger partial charge is 0.253 e. The summed E-state index contributed by atoms with van der Waals surface area (Å²) in [5.41, 5.74) is 3.07. The lowest BCUT2D eigenvalue weighted by Crippen LogP contribution is -2.37. The molecule has 1 fully saturated rings. The van der Waals surface area contributed by atoms with Crippen molar-refractivity contribution in [2.75, 3.05) is 33.4 Å². The molecule has 1 N–H and O–H groups in total. The van der Waals surface area contributed by atoms with Gasteiger partial charge in [0.2, 0.25) is 0 Å². The van der Waals surface area contributed by atoms with E-state index in [0.717, 1.165) is 43.6 Å². The maximum atomic E-state index is 13.2. The fraction of sp³-hybridized carbons (Fsp3) is 0.423. The Bertz CT molecular complexity index is 1070. The number of H-pyrrole nitrogens is 1. The van der Waals surface area contributed by atoms with Crippen molar-refractivity contribution in [2.45, 2.75) is 39.0 Å². The molecule has 0 spiro atoms. The number of aromatic nitrogens is 1. The van der Waals surface area contributed by atoms with Gasteiger partial charge < -0.3 is 24.1 Å². The van der Waals surface area contributed by atoms with E-state index in [1.54, 1.807) is 7.11 Å². The summed E-state index contributed by atoms with van der Waals surface area (Å²) in [4.78, 5) is 18.5. The molecule has 0 bridgehead atoms. The molecule has 1 saturated heterocycles. The molecule has 0 unspecified atom stereocenters. The van der Waals surface area contributed by atoms with Gasteiger partial charge >= 0.3 is 0 Å². The summed E-state index contributed by atoms with van der Waals surface area (Å²) in [6.45, 7) is 6.62. The second kappa shape index (κ2) is 9.98. The maximum absolute atomic E-state index is 13.2. The fourth-order valence-electron chi connectivity index (χ4n) is 4.40. The summed E-state index contributed by atoms with van der Waals surface area (Å²) < 4.78 is 16.9. The standard InChI is InChI=1S/C26H32N2O4/c1-4-14-32-24-9-6-19(15-25(24)31-5-2)26(29)28-12-10-18(11-13-28)22-17-27-23-8-7-20(30-3)16-21(22)23/h6-9,15-18,27H,4-5,10-14H2,1-3H3. The van der Waals surface area contributed by atoms with Gasteiger partial charge in [-0.2, -0.15) is 0 Å². The average Bonchev–Trinajstić information content (AvgIpc) is 3.26. The van der Waals surface area contributed by atoms with Crippen molar-refractivity contribution in [1.82, 2.24) is 9.88 Å². The van der Waals surface area contributed by atoms with Crippen LogP contribution in [0.2, 0.25) is 0 Å². The first kappa shape index (κ1) is 22.1. The largest absolute Gasteiger partial charge is 0.497 e. The highest BCUT2D eigenvalue weighted by molar-refractivity contribution is 5.95. The molecule has 0 saturated carbocycles. The number of methoxy groups -OCH3 is 1. The number of aromatic amines is 1. The molecule has 4 rings (SSSR count). The lowest BCUT2D eigenvalue weighted by molar-refractivity contribution is 0.0712. The van der Waals surface area contributed by atoms with Crippen LogP contribution in [0.5, 0.6) is 17.2 Å². The Morgan fingerprint density at radius 1 is 1.06 bits per heavy atom. The van der Waals surface area contributed by atoms with E-state index < -0.39 is 0 Å². The number of amides is 1. The van der Waals surface area contributed by atoms with Gasteiger partial charge in [-0.3, -0.25) is 4.79 Å². The summed E-state index contributed by atoms with van der Waals surface area (Å²) in [6.07, 6.45) is 4.90. The number of fused-ring (bicyclic) bond motifs is 1. The van der Waals surface area contributed by atoms with E-state index in [4.69, 9.17) is 14.2 Å². The Morgan fingerprint density at radius 3 is 2.59 bits per heavy atom. The quantitative estimate of drug-likeness (QED) is 0.515. The number of hydrogen-bond donors (Lipinski definition) is 1. The molecule has 6 heteroatoms. The van der Waals surface area contributed by atoms with Gasteiger partial charge in [0.05, 0.1) is 20.3 Å². The molecule has 1 aromatic heterocycles. The number of likely N-dealkylation sites (tertiary alicyclic amines) is 1. The zero-order valence-corrected chi connectivity index (χ0v) is 19.1. The Labute approximate surface area is 189 Å².